The van der Waals surface area contributed by atoms with Crippen LogP contribution in [-0.2, 0) is 4.74 Å². The van der Waals surface area contributed by atoms with Gasteiger partial charge in [0.15, 0.2) is 0 Å². The Bertz CT molecular complexity index is 144. The fourth-order valence-electron chi connectivity index (χ4n) is 1.37. The highest BCUT2D eigenvalue weighted by Crippen LogP contribution is 2.28. The number of ether oxygens (including phenoxy) is 1. The van der Waals surface area contributed by atoms with E-state index in [1.54, 1.807) is 7.11 Å². The number of rotatable bonds is 1. The highest BCUT2D eigenvalue weighted by molar-refractivity contribution is 7.80. The Morgan fingerprint density at radius 3 is 2.60 bits per heavy atom. The van der Waals surface area contributed by atoms with Gasteiger partial charge in [-0.25, -0.2) is 0 Å². The summed E-state index contributed by atoms with van der Waals surface area (Å²) in [4.78, 5) is 1.10. The summed E-state index contributed by atoms with van der Waals surface area (Å²) in [5.41, 5.74) is -0.0897. The van der Waals surface area contributed by atoms with Gasteiger partial charge in [-0.05, 0) is 32.6 Å². The van der Waals surface area contributed by atoms with E-state index in [9.17, 15) is 0 Å². The van der Waals surface area contributed by atoms with E-state index in [1.165, 1.54) is 12.8 Å². The van der Waals surface area contributed by atoms with Crippen molar-refractivity contribution in [1.82, 2.24) is 0 Å². The molecule has 0 N–H and O–H groups in total. The minimum Gasteiger partial charge on any atom is -0.373 e. The van der Waals surface area contributed by atoms with Crippen LogP contribution in [0.2, 0.25) is 0 Å². The molecule has 1 nitrogen and oxygen atoms in total. The molecule has 0 spiro atoms. The van der Waals surface area contributed by atoms with E-state index in [-0.39, 0.29) is 5.60 Å². The fourth-order valence-corrected chi connectivity index (χ4v) is 1.70. The van der Waals surface area contributed by atoms with Gasteiger partial charge in [-0.15, -0.1) is 0 Å². The van der Waals surface area contributed by atoms with Gasteiger partial charge in [-0.3, -0.25) is 0 Å². The summed E-state index contributed by atoms with van der Waals surface area (Å²) in [6, 6.07) is 0. The minimum atomic E-state index is -0.0897. The quantitative estimate of drug-likeness (QED) is 0.542. The van der Waals surface area contributed by atoms with Crippen molar-refractivity contribution >= 4 is 17.1 Å². The smallest absolute Gasteiger partial charge is 0.0961 e. The van der Waals surface area contributed by atoms with Crippen LogP contribution in [0.4, 0.5) is 0 Å². The van der Waals surface area contributed by atoms with Gasteiger partial charge in [0.25, 0.3) is 0 Å². The van der Waals surface area contributed by atoms with Gasteiger partial charge in [-0.1, -0.05) is 12.2 Å². The highest BCUT2D eigenvalue weighted by atomic mass is 32.1. The molecular weight excluding hydrogens is 144 g/mol. The molecule has 1 saturated carbocycles. The average Bonchev–Trinajstić information content (AvgIpc) is 1.96. The first kappa shape index (κ1) is 8.15. The summed E-state index contributed by atoms with van der Waals surface area (Å²) >= 11 is 5.21. The zero-order chi connectivity index (χ0) is 7.61. The van der Waals surface area contributed by atoms with Gasteiger partial charge in [0.1, 0.15) is 0 Å². The molecule has 1 unspecified atom stereocenters. The molecule has 1 atom stereocenters. The minimum absolute atomic E-state index is 0.0897. The molecule has 0 amide bonds. The highest BCUT2D eigenvalue weighted by Gasteiger charge is 2.30. The maximum absolute atomic E-state index is 5.35. The average molecular weight is 158 g/mol. The predicted octanol–water partition coefficient (Wildman–Crippen LogP) is 2.34. The Morgan fingerprint density at radius 1 is 1.50 bits per heavy atom. The van der Waals surface area contributed by atoms with Crippen LogP contribution in [0.25, 0.3) is 0 Å². The molecule has 1 aliphatic rings. The van der Waals surface area contributed by atoms with Crippen molar-refractivity contribution in [1.29, 1.82) is 0 Å². The lowest BCUT2D eigenvalue weighted by molar-refractivity contribution is 0.0515. The molecule has 58 valence electrons. The molecule has 0 aromatic heterocycles. The molecule has 0 radical (unpaired) electrons. The van der Waals surface area contributed by atoms with Crippen molar-refractivity contribution in [3.63, 3.8) is 0 Å². The van der Waals surface area contributed by atoms with Gasteiger partial charge in [0.05, 0.1) is 5.60 Å². The van der Waals surface area contributed by atoms with E-state index >= 15 is 0 Å². The molecule has 0 aromatic rings. The van der Waals surface area contributed by atoms with Crippen LogP contribution in [0.15, 0.2) is 0 Å². The van der Waals surface area contributed by atoms with Crippen molar-refractivity contribution in [2.75, 3.05) is 7.11 Å². The van der Waals surface area contributed by atoms with Gasteiger partial charge in [-0.2, -0.15) is 0 Å². The third-order valence-electron chi connectivity index (χ3n) is 2.35. The number of hydrogen-bond acceptors (Lipinski definition) is 2. The van der Waals surface area contributed by atoms with E-state index in [0.29, 0.717) is 0 Å². The Hall–Kier alpha value is 0.0500. The second-order valence-electron chi connectivity index (χ2n) is 3.07. The van der Waals surface area contributed by atoms with Gasteiger partial charge in [0.2, 0.25) is 0 Å². The van der Waals surface area contributed by atoms with Crippen LogP contribution in [0, 0.1) is 0 Å². The molecular formula is C8H14OS. The van der Waals surface area contributed by atoms with Crippen LogP contribution in [0.3, 0.4) is 0 Å². The first-order valence-corrected chi connectivity index (χ1v) is 4.18. The first-order valence-electron chi connectivity index (χ1n) is 3.77. The first-order chi connectivity index (χ1) is 4.69. The monoisotopic (exact) mass is 158 g/mol. The molecule has 10 heavy (non-hydrogen) atoms. The second kappa shape index (κ2) is 2.97. The Kier molecular flexibility index (Phi) is 2.42. The summed E-state index contributed by atoms with van der Waals surface area (Å²) in [5.74, 6) is 0. The van der Waals surface area contributed by atoms with E-state index in [1.807, 2.05) is 0 Å². The van der Waals surface area contributed by atoms with Crippen molar-refractivity contribution in [2.45, 2.75) is 38.2 Å². The zero-order valence-electron chi connectivity index (χ0n) is 6.64. The summed E-state index contributed by atoms with van der Waals surface area (Å²) < 4.78 is 5.35. The third-order valence-corrected chi connectivity index (χ3v) is 2.98. The molecule has 1 rings (SSSR count). The van der Waals surface area contributed by atoms with Crippen molar-refractivity contribution in [2.24, 2.45) is 0 Å². The van der Waals surface area contributed by atoms with Crippen LogP contribution in [0.5, 0.6) is 0 Å². The molecule has 0 heterocycles. The van der Waals surface area contributed by atoms with E-state index in [4.69, 9.17) is 17.0 Å². The van der Waals surface area contributed by atoms with Crippen molar-refractivity contribution in [3.05, 3.63) is 0 Å². The number of thiocarbonyl (C=S) groups is 1. The fraction of sp³-hybridized carbons (Fsp3) is 0.875. The van der Waals surface area contributed by atoms with Crippen molar-refractivity contribution < 1.29 is 4.74 Å². The lowest BCUT2D eigenvalue weighted by atomic mass is 9.86. The predicted molar refractivity (Wildman–Crippen MR) is 46.5 cm³/mol. The van der Waals surface area contributed by atoms with Crippen molar-refractivity contribution in [3.8, 4) is 0 Å². The van der Waals surface area contributed by atoms with Crippen LogP contribution in [0.1, 0.15) is 32.6 Å². The standard InChI is InChI=1S/C8H14OS/c1-8(9-2)6-4-3-5-7(8)10/h3-6H2,1-2H3. The Balaban J connectivity index is 2.63. The summed E-state index contributed by atoms with van der Waals surface area (Å²) in [6.45, 7) is 2.09. The molecule has 0 saturated heterocycles. The molecule has 0 aliphatic heterocycles. The van der Waals surface area contributed by atoms with Gasteiger partial charge in [0, 0.05) is 12.0 Å². The second-order valence-corrected chi connectivity index (χ2v) is 3.56. The maximum atomic E-state index is 5.35. The number of methoxy groups -OCH3 is 1. The van der Waals surface area contributed by atoms with E-state index < -0.39 is 0 Å². The topological polar surface area (TPSA) is 9.23 Å². The Morgan fingerprint density at radius 2 is 2.20 bits per heavy atom. The van der Waals surface area contributed by atoms with E-state index in [0.717, 1.165) is 17.7 Å². The van der Waals surface area contributed by atoms with Crippen LogP contribution in [-0.4, -0.2) is 17.6 Å². The van der Waals surface area contributed by atoms with E-state index in [2.05, 4.69) is 6.92 Å². The third kappa shape index (κ3) is 1.38. The molecule has 0 bridgehead atoms. The molecule has 1 fully saturated rings. The largest absolute Gasteiger partial charge is 0.373 e. The van der Waals surface area contributed by atoms with Crippen LogP contribution < -0.4 is 0 Å². The molecule has 2 heteroatoms. The molecule has 0 aromatic carbocycles. The summed E-state index contributed by atoms with van der Waals surface area (Å²) in [5, 5.41) is 0. The lowest BCUT2D eigenvalue weighted by Crippen LogP contribution is -2.38. The number of hydrogen-bond donors (Lipinski definition) is 0. The maximum Gasteiger partial charge on any atom is 0.0961 e. The normalized spacial score (nSPS) is 34.4. The Labute approximate surface area is 67.8 Å². The summed E-state index contributed by atoms with van der Waals surface area (Å²) in [7, 11) is 1.75. The zero-order valence-corrected chi connectivity index (χ0v) is 7.46. The van der Waals surface area contributed by atoms with Crippen LogP contribution >= 0.6 is 12.2 Å². The summed E-state index contributed by atoms with van der Waals surface area (Å²) in [6.07, 6.45) is 4.67. The van der Waals surface area contributed by atoms with Gasteiger partial charge < -0.3 is 4.74 Å². The lowest BCUT2D eigenvalue weighted by Gasteiger charge is -2.32. The molecule has 1 aliphatic carbocycles. The SMILES string of the molecule is COC1(C)CCCCC1=S. The van der Waals surface area contributed by atoms with Gasteiger partial charge >= 0.3 is 0 Å².